The van der Waals surface area contributed by atoms with Crippen LogP contribution >= 0.6 is 28.1 Å². The number of carbonyl (C=O) groups excluding carboxylic acids is 2. The molecule has 3 N–H and O–H groups in total. The van der Waals surface area contributed by atoms with Crippen LogP contribution in [0.25, 0.3) is 0 Å². The summed E-state index contributed by atoms with van der Waals surface area (Å²) in [6.07, 6.45) is 5.25. The van der Waals surface area contributed by atoms with E-state index in [4.69, 9.17) is 12.2 Å². The third kappa shape index (κ3) is 6.73. The molecule has 2 aliphatic carbocycles. The average Bonchev–Trinajstić information content (AvgIpc) is 2.98. The first-order valence-corrected chi connectivity index (χ1v) is 16.6. The molecule has 7 heteroatoms. The van der Waals surface area contributed by atoms with Crippen molar-refractivity contribution in [1.29, 1.82) is 0 Å². The SMILES string of the molecule is CC(C)c1ccc2c(c1)CC[C@H]1[C@](C)(C(=O)NC(=S)N[C@@H](Cc3ccccc3)C(=O)Nc3ccc(Br)cc3)CCC[C@]21C. The Labute approximate surface area is 269 Å². The zero-order valence-electron chi connectivity index (χ0n) is 25.5. The summed E-state index contributed by atoms with van der Waals surface area (Å²) >= 11 is 9.13. The summed E-state index contributed by atoms with van der Waals surface area (Å²) in [6.45, 7) is 8.95. The number of benzene rings is 3. The van der Waals surface area contributed by atoms with E-state index in [-0.39, 0.29) is 28.3 Å². The molecule has 0 heterocycles. The highest BCUT2D eigenvalue weighted by Crippen LogP contribution is 2.57. The van der Waals surface area contributed by atoms with Gasteiger partial charge in [0.15, 0.2) is 5.11 Å². The summed E-state index contributed by atoms with van der Waals surface area (Å²) in [5.74, 6) is 0.419. The van der Waals surface area contributed by atoms with Crippen LogP contribution < -0.4 is 16.0 Å². The Morgan fingerprint density at radius 1 is 1.00 bits per heavy atom. The molecular weight excluding hydrogens is 618 g/mol. The van der Waals surface area contributed by atoms with Crippen LogP contribution in [0, 0.1) is 11.3 Å². The van der Waals surface area contributed by atoms with Crippen molar-refractivity contribution < 1.29 is 9.59 Å². The summed E-state index contributed by atoms with van der Waals surface area (Å²) < 4.78 is 0.933. The summed E-state index contributed by atoms with van der Waals surface area (Å²) in [7, 11) is 0. The minimum atomic E-state index is -0.667. The van der Waals surface area contributed by atoms with Crippen LogP contribution in [0.15, 0.2) is 77.3 Å². The van der Waals surface area contributed by atoms with Crippen LogP contribution in [0.4, 0.5) is 5.69 Å². The molecule has 2 aliphatic rings. The van der Waals surface area contributed by atoms with Crippen molar-refractivity contribution in [2.24, 2.45) is 11.3 Å². The average molecular weight is 661 g/mol. The molecule has 1 fully saturated rings. The second kappa shape index (κ2) is 12.9. The van der Waals surface area contributed by atoms with E-state index in [1.165, 1.54) is 16.7 Å². The van der Waals surface area contributed by atoms with Crippen molar-refractivity contribution in [3.8, 4) is 0 Å². The van der Waals surface area contributed by atoms with Crippen LogP contribution in [0.5, 0.6) is 0 Å². The highest BCUT2D eigenvalue weighted by atomic mass is 79.9. The second-order valence-electron chi connectivity index (χ2n) is 13.0. The first-order chi connectivity index (χ1) is 20.5. The highest BCUT2D eigenvalue weighted by molar-refractivity contribution is 9.10. The van der Waals surface area contributed by atoms with Gasteiger partial charge in [0.05, 0.1) is 5.41 Å². The molecule has 0 unspecified atom stereocenters. The Bertz CT molecular complexity index is 1490. The monoisotopic (exact) mass is 659 g/mol. The molecule has 3 aromatic rings. The van der Waals surface area contributed by atoms with Gasteiger partial charge in [-0.15, -0.1) is 0 Å². The van der Waals surface area contributed by atoms with Gasteiger partial charge in [-0.1, -0.05) is 98.6 Å². The Morgan fingerprint density at radius 2 is 1.72 bits per heavy atom. The number of amides is 2. The van der Waals surface area contributed by atoms with Crippen molar-refractivity contribution >= 4 is 50.8 Å². The lowest BCUT2D eigenvalue weighted by Crippen LogP contribution is -2.58. The molecule has 0 aromatic heterocycles. The number of rotatable bonds is 7. The quantitative estimate of drug-likeness (QED) is 0.226. The van der Waals surface area contributed by atoms with Gasteiger partial charge in [0.2, 0.25) is 11.8 Å². The molecule has 226 valence electrons. The van der Waals surface area contributed by atoms with Gasteiger partial charge in [-0.25, -0.2) is 0 Å². The Kier molecular flexibility index (Phi) is 9.43. The van der Waals surface area contributed by atoms with E-state index < -0.39 is 11.5 Å². The Balaban J connectivity index is 1.32. The summed E-state index contributed by atoms with van der Waals surface area (Å²) in [6, 6.07) is 23.6. The van der Waals surface area contributed by atoms with E-state index in [1.807, 2.05) is 54.6 Å². The number of carbonyl (C=O) groups is 2. The van der Waals surface area contributed by atoms with Gasteiger partial charge in [-0.3, -0.25) is 9.59 Å². The first-order valence-electron chi connectivity index (χ1n) is 15.4. The second-order valence-corrected chi connectivity index (χ2v) is 14.3. The van der Waals surface area contributed by atoms with Crippen molar-refractivity contribution in [3.63, 3.8) is 0 Å². The van der Waals surface area contributed by atoms with Gasteiger partial charge in [-0.05, 0) is 102 Å². The van der Waals surface area contributed by atoms with E-state index in [2.05, 4.69) is 77.8 Å². The highest BCUT2D eigenvalue weighted by Gasteiger charge is 2.55. The van der Waals surface area contributed by atoms with Crippen LogP contribution in [-0.4, -0.2) is 23.0 Å². The van der Waals surface area contributed by atoms with Gasteiger partial charge >= 0.3 is 0 Å². The summed E-state index contributed by atoms with van der Waals surface area (Å²) in [5.41, 5.74) is 5.27. The summed E-state index contributed by atoms with van der Waals surface area (Å²) in [5, 5.41) is 9.37. The van der Waals surface area contributed by atoms with Crippen molar-refractivity contribution in [2.75, 3.05) is 5.32 Å². The van der Waals surface area contributed by atoms with Crippen LogP contribution in [0.3, 0.4) is 0 Å². The topological polar surface area (TPSA) is 70.2 Å². The maximum absolute atomic E-state index is 14.1. The first kappa shape index (κ1) is 31.4. The fourth-order valence-electron chi connectivity index (χ4n) is 7.40. The molecule has 1 saturated carbocycles. The van der Waals surface area contributed by atoms with Crippen LogP contribution in [0.2, 0.25) is 0 Å². The molecule has 0 saturated heterocycles. The molecule has 0 spiro atoms. The fourth-order valence-corrected chi connectivity index (χ4v) is 7.90. The van der Waals surface area contributed by atoms with Gasteiger partial charge in [-0.2, -0.15) is 0 Å². The van der Waals surface area contributed by atoms with E-state index in [0.29, 0.717) is 18.0 Å². The molecule has 0 aliphatic heterocycles. The number of hydrogen-bond acceptors (Lipinski definition) is 3. The van der Waals surface area contributed by atoms with E-state index in [1.54, 1.807) is 0 Å². The van der Waals surface area contributed by atoms with Gasteiger partial charge in [0, 0.05) is 16.6 Å². The molecule has 4 atom stereocenters. The third-order valence-electron chi connectivity index (χ3n) is 9.81. The standard InChI is InChI=1S/C36H42BrN3O2S/c1-23(2)25-11-17-29-26(22-25)12-18-31-35(29,3)19-8-20-36(31,4)33(42)40-34(43)39-30(21-24-9-6-5-7-10-24)32(41)38-28-15-13-27(37)14-16-28/h5-7,9-11,13-17,22-23,30-31H,8,12,18-21H2,1-4H3,(H,38,41)(H2,39,40,42,43)/t30-,31+,35+,36+/m0/s1. The molecule has 43 heavy (non-hydrogen) atoms. The van der Waals surface area contributed by atoms with Crippen molar-refractivity contribution in [1.82, 2.24) is 10.6 Å². The maximum Gasteiger partial charge on any atom is 0.247 e. The zero-order valence-corrected chi connectivity index (χ0v) is 27.9. The number of hydrogen-bond donors (Lipinski definition) is 3. The molecule has 0 radical (unpaired) electrons. The maximum atomic E-state index is 14.1. The molecule has 3 aromatic carbocycles. The Hall–Kier alpha value is -3.03. The number of thiocarbonyl (C=S) groups is 1. The predicted octanol–water partition coefficient (Wildman–Crippen LogP) is 7.82. The Morgan fingerprint density at radius 3 is 2.42 bits per heavy atom. The lowest BCUT2D eigenvalue weighted by Gasteiger charge is -2.54. The number of fused-ring (bicyclic) bond motifs is 3. The fraction of sp³-hybridized carbons (Fsp3) is 0.417. The van der Waals surface area contributed by atoms with Crippen LogP contribution in [0.1, 0.15) is 81.5 Å². The van der Waals surface area contributed by atoms with Crippen molar-refractivity contribution in [2.45, 2.75) is 83.6 Å². The van der Waals surface area contributed by atoms with Crippen molar-refractivity contribution in [3.05, 3.63) is 99.5 Å². The normalized spacial score (nSPS) is 23.4. The van der Waals surface area contributed by atoms with E-state index in [0.717, 1.165) is 42.1 Å². The van der Waals surface area contributed by atoms with Crippen LogP contribution in [-0.2, 0) is 27.8 Å². The number of nitrogens with one attached hydrogen (secondary N) is 3. The molecule has 5 rings (SSSR count). The smallest absolute Gasteiger partial charge is 0.247 e. The van der Waals surface area contributed by atoms with Gasteiger partial charge < -0.3 is 16.0 Å². The number of halogens is 1. The number of anilines is 1. The molecular formula is C36H42BrN3O2S. The van der Waals surface area contributed by atoms with Gasteiger partial charge in [0.1, 0.15) is 6.04 Å². The minimum absolute atomic E-state index is 0.0602. The lowest BCUT2D eigenvalue weighted by molar-refractivity contribution is -0.137. The number of aryl methyl sites for hydroxylation is 1. The predicted molar refractivity (Wildman–Crippen MR) is 182 cm³/mol. The minimum Gasteiger partial charge on any atom is -0.350 e. The van der Waals surface area contributed by atoms with E-state index >= 15 is 0 Å². The largest absolute Gasteiger partial charge is 0.350 e. The lowest BCUT2D eigenvalue weighted by atomic mass is 9.49. The summed E-state index contributed by atoms with van der Waals surface area (Å²) in [4.78, 5) is 27.5. The van der Waals surface area contributed by atoms with E-state index in [9.17, 15) is 9.59 Å². The molecule has 5 nitrogen and oxygen atoms in total. The van der Waals surface area contributed by atoms with Gasteiger partial charge in [0.25, 0.3) is 0 Å². The third-order valence-corrected chi connectivity index (χ3v) is 10.6. The molecule has 2 amide bonds. The zero-order chi connectivity index (χ0) is 30.8. The molecule has 0 bridgehead atoms.